The van der Waals surface area contributed by atoms with Crippen molar-refractivity contribution in [3.8, 4) is 0 Å². The van der Waals surface area contributed by atoms with Gasteiger partial charge in [-0.25, -0.2) is 0 Å². The largest absolute Gasteiger partial charge is 0.492 e. The zero-order valence-corrected chi connectivity index (χ0v) is 9.89. The van der Waals surface area contributed by atoms with Crippen molar-refractivity contribution in [2.75, 3.05) is 13.5 Å². The smallest absolute Gasteiger partial charge is 0.448 e. The maximum Gasteiger partial charge on any atom is 0.492 e. The summed E-state index contributed by atoms with van der Waals surface area (Å²) in [7, 11) is 1.47. The fourth-order valence-electron chi connectivity index (χ4n) is 1.48. The molecule has 0 aromatic heterocycles. The van der Waals surface area contributed by atoms with Crippen LogP contribution in [0.2, 0.25) is 5.02 Å². The first-order chi connectivity index (χ1) is 7.29. The van der Waals surface area contributed by atoms with Crippen LogP contribution < -0.4 is 0 Å². The van der Waals surface area contributed by atoms with Crippen molar-refractivity contribution in [2.24, 2.45) is 0 Å². The van der Waals surface area contributed by atoms with Crippen LogP contribution in [0.5, 0.6) is 0 Å². The maximum absolute atomic E-state index is 12.2. The Morgan fingerprint density at radius 2 is 1.75 bits per heavy atom. The van der Waals surface area contributed by atoms with Gasteiger partial charge in [-0.05, 0) is 38.1 Å². The van der Waals surface area contributed by atoms with Crippen LogP contribution in [0.4, 0.5) is 12.9 Å². The predicted octanol–water partition coefficient (Wildman–Crippen LogP) is 3.72. The van der Waals surface area contributed by atoms with Gasteiger partial charge in [0.15, 0.2) is 0 Å². The topological polar surface area (TPSA) is 3.24 Å². The van der Waals surface area contributed by atoms with Crippen LogP contribution in [0.3, 0.4) is 0 Å². The summed E-state index contributed by atoms with van der Waals surface area (Å²) in [5, 5.41) is 0.582. The highest BCUT2D eigenvalue weighted by molar-refractivity contribution is 6.58. The summed E-state index contributed by atoms with van der Waals surface area (Å²) in [6, 6.07) is 6.57. The van der Waals surface area contributed by atoms with Crippen LogP contribution in [-0.4, -0.2) is 25.4 Å². The minimum Gasteiger partial charge on any atom is -0.448 e. The third-order valence-electron chi connectivity index (χ3n) is 2.51. The molecule has 0 aliphatic rings. The lowest BCUT2D eigenvalue weighted by atomic mass is 9.90. The van der Waals surface area contributed by atoms with Crippen molar-refractivity contribution in [2.45, 2.75) is 13.0 Å². The van der Waals surface area contributed by atoms with E-state index >= 15 is 0 Å². The third kappa shape index (κ3) is 4.06. The van der Waals surface area contributed by atoms with Gasteiger partial charge in [-0.2, -0.15) is 0 Å². The van der Waals surface area contributed by atoms with Crippen LogP contribution in [0, 0.1) is 0 Å². The van der Waals surface area contributed by atoms with Gasteiger partial charge in [-0.1, -0.05) is 23.7 Å². The van der Waals surface area contributed by atoms with E-state index in [0.29, 0.717) is 5.02 Å². The molecule has 0 N–H and O–H groups in total. The highest BCUT2D eigenvalue weighted by Crippen LogP contribution is 2.22. The average molecular weight is 250 g/mol. The van der Waals surface area contributed by atoms with E-state index in [-0.39, 0.29) is 6.04 Å². The molecule has 0 amide bonds. The second kappa shape index (κ2) is 5.10. The van der Waals surface area contributed by atoms with Crippen molar-refractivity contribution < 1.29 is 12.9 Å². The van der Waals surface area contributed by atoms with Crippen LogP contribution >= 0.6 is 11.6 Å². The molecule has 0 fully saturated rings. The standard InChI is InChI=1S/C10H13BClF3N/c1-8(16(2)7-11(13,14)15)9-3-5-10(12)6-4-9/h3-6,8H,7H2,1-2H3/q-1. The van der Waals surface area contributed by atoms with Gasteiger partial charge in [-0.15, -0.1) is 0 Å². The fourth-order valence-corrected chi connectivity index (χ4v) is 1.61. The molecule has 16 heavy (non-hydrogen) atoms. The Kier molecular flexibility index (Phi) is 4.27. The van der Waals surface area contributed by atoms with E-state index < -0.39 is 13.4 Å². The van der Waals surface area contributed by atoms with Gasteiger partial charge in [-0.3, -0.25) is 0 Å². The minimum absolute atomic E-state index is 0.277. The van der Waals surface area contributed by atoms with Gasteiger partial charge < -0.3 is 17.8 Å². The first-order valence-corrected chi connectivity index (χ1v) is 5.34. The molecule has 0 saturated heterocycles. The van der Waals surface area contributed by atoms with Crippen molar-refractivity contribution in [3.05, 3.63) is 34.9 Å². The minimum atomic E-state index is -4.78. The second-order valence-corrected chi connectivity index (χ2v) is 4.31. The number of hydrogen-bond acceptors (Lipinski definition) is 1. The van der Waals surface area contributed by atoms with E-state index in [1.807, 2.05) is 0 Å². The third-order valence-corrected chi connectivity index (χ3v) is 2.76. The number of rotatable bonds is 4. The van der Waals surface area contributed by atoms with Gasteiger partial charge in [0.2, 0.25) is 0 Å². The second-order valence-electron chi connectivity index (χ2n) is 3.88. The molecule has 1 nitrogen and oxygen atoms in total. The summed E-state index contributed by atoms with van der Waals surface area (Å²) >= 11 is 5.71. The molecule has 0 aliphatic carbocycles. The zero-order chi connectivity index (χ0) is 12.3. The highest BCUT2D eigenvalue weighted by atomic mass is 35.5. The van der Waals surface area contributed by atoms with E-state index in [2.05, 4.69) is 0 Å². The lowest BCUT2D eigenvalue weighted by Crippen LogP contribution is -2.36. The van der Waals surface area contributed by atoms with Crippen LogP contribution in [-0.2, 0) is 0 Å². The monoisotopic (exact) mass is 250 g/mol. The molecule has 0 aliphatic heterocycles. The Bertz CT molecular complexity index is 339. The summed E-state index contributed by atoms with van der Waals surface area (Å²) in [4.78, 5) is 1.28. The van der Waals surface area contributed by atoms with Crippen LogP contribution in [0.1, 0.15) is 18.5 Å². The molecule has 0 heterocycles. The quantitative estimate of drug-likeness (QED) is 0.736. The van der Waals surface area contributed by atoms with Gasteiger partial charge in [0.05, 0.1) is 0 Å². The highest BCUT2D eigenvalue weighted by Gasteiger charge is 2.27. The molecule has 0 spiro atoms. The van der Waals surface area contributed by atoms with E-state index in [4.69, 9.17) is 11.6 Å². The Hall–Kier alpha value is -0.675. The molecule has 6 heteroatoms. The van der Waals surface area contributed by atoms with Crippen molar-refractivity contribution in [1.29, 1.82) is 0 Å². The van der Waals surface area contributed by atoms with Gasteiger partial charge >= 0.3 is 6.98 Å². The van der Waals surface area contributed by atoms with E-state index in [1.54, 1.807) is 31.2 Å². The molecule has 1 unspecified atom stereocenters. The summed E-state index contributed by atoms with van der Waals surface area (Å²) in [5.41, 5.74) is 0.826. The summed E-state index contributed by atoms with van der Waals surface area (Å²) in [6.45, 7) is -3.04. The first-order valence-electron chi connectivity index (χ1n) is 4.96. The molecule has 1 aromatic carbocycles. The lowest BCUT2D eigenvalue weighted by Gasteiger charge is -2.29. The predicted molar refractivity (Wildman–Crippen MR) is 61.6 cm³/mol. The molecule has 90 valence electrons. The molecule has 0 radical (unpaired) electrons. The number of nitrogens with zero attached hydrogens (tertiary/aromatic N) is 1. The molecule has 0 bridgehead atoms. The molecular formula is C10H13BClF3N-. The Morgan fingerprint density at radius 3 is 2.19 bits per heavy atom. The van der Waals surface area contributed by atoms with Crippen molar-refractivity contribution in [1.82, 2.24) is 4.90 Å². The SMILES string of the molecule is CC(c1ccc(Cl)cc1)N(C)C[B-](F)(F)F. The number of benzene rings is 1. The van der Waals surface area contributed by atoms with Gasteiger partial charge in [0.1, 0.15) is 0 Å². The van der Waals surface area contributed by atoms with Gasteiger partial charge in [0.25, 0.3) is 0 Å². The normalized spacial score (nSPS) is 14.2. The number of halogens is 4. The van der Waals surface area contributed by atoms with Crippen molar-refractivity contribution in [3.63, 3.8) is 0 Å². The molecule has 1 aromatic rings. The Morgan fingerprint density at radius 1 is 1.25 bits per heavy atom. The molecular weight excluding hydrogens is 237 g/mol. The lowest BCUT2D eigenvalue weighted by molar-refractivity contribution is 0.267. The van der Waals surface area contributed by atoms with Crippen LogP contribution in [0.25, 0.3) is 0 Å². The summed E-state index contributed by atoms with van der Waals surface area (Å²) in [5.74, 6) is 0. The van der Waals surface area contributed by atoms with Crippen molar-refractivity contribution >= 4 is 18.6 Å². The van der Waals surface area contributed by atoms with E-state index in [9.17, 15) is 12.9 Å². The summed E-state index contributed by atoms with van der Waals surface area (Å²) in [6.07, 6.45) is -0.857. The molecule has 1 atom stereocenters. The van der Waals surface area contributed by atoms with E-state index in [1.165, 1.54) is 11.9 Å². The fraction of sp³-hybridized carbons (Fsp3) is 0.400. The average Bonchev–Trinajstić information content (AvgIpc) is 2.15. The van der Waals surface area contributed by atoms with Crippen LogP contribution in [0.15, 0.2) is 24.3 Å². The van der Waals surface area contributed by atoms with E-state index in [0.717, 1.165) is 5.56 Å². The first kappa shape index (κ1) is 13.4. The Labute approximate surface area is 98.3 Å². The number of hydrogen-bond donors (Lipinski definition) is 0. The summed E-state index contributed by atoms with van der Waals surface area (Å²) < 4.78 is 36.7. The molecule has 1 rings (SSSR count). The Balaban J connectivity index is 2.70. The molecule has 0 saturated carbocycles. The maximum atomic E-state index is 12.2. The van der Waals surface area contributed by atoms with Gasteiger partial charge in [0, 0.05) is 11.1 Å². The zero-order valence-electron chi connectivity index (χ0n) is 9.13.